The number of fused-ring (bicyclic) bond motifs is 2. The Balaban J connectivity index is 0.000000168. The molecule has 48 heavy (non-hydrogen) atoms. The molecule has 0 fully saturated rings. The van der Waals surface area contributed by atoms with Gasteiger partial charge in [-0.3, -0.25) is 4.99 Å². The zero-order chi connectivity index (χ0) is 32.5. The van der Waals surface area contributed by atoms with Crippen LogP contribution in [0.25, 0.3) is 54.9 Å². The molecule has 0 aliphatic rings. The number of benzene rings is 7. The Labute approximate surface area is 279 Å². The monoisotopic (exact) mass is 618 g/mol. The second-order valence-corrected chi connectivity index (χ2v) is 12.0. The van der Waals surface area contributed by atoms with Gasteiger partial charge in [0.15, 0.2) is 5.84 Å². The molecule has 0 radical (unpaired) electrons. The molecular weight excluding hydrogens is 585 g/mol. The number of hydrogen-bond acceptors (Lipinski definition) is 1. The van der Waals surface area contributed by atoms with Crippen LogP contribution >= 0.6 is 0 Å². The van der Waals surface area contributed by atoms with Crippen LogP contribution in [0.15, 0.2) is 174 Å². The van der Waals surface area contributed by atoms with Crippen LogP contribution in [0.2, 0.25) is 0 Å². The van der Waals surface area contributed by atoms with Gasteiger partial charge in [-0.15, -0.1) is 0 Å². The molecule has 230 valence electrons. The van der Waals surface area contributed by atoms with E-state index in [4.69, 9.17) is 0 Å². The number of para-hydroxylation sites is 1. The molecule has 9 aromatic rings. The molecule has 0 bridgehead atoms. The number of aryl methyl sites for hydroxylation is 1. The van der Waals surface area contributed by atoms with Crippen LogP contribution < -0.4 is 0 Å². The van der Waals surface area contributed by atoms with Crippen LogP contribution in [0.1, 0.15) is 16.7 Å². The third kappa shape index (κ3) is 5.23. The van der Waals surface area contributed by atoms with Crippen LogP contribution in [0.4, 0.5) is 0 Å². The lowest BCUT2D eigenvalue weighted by Gasteiger charge is -2.10. The summed E-state index contributed by atoms with van der Waals surface area (Å²) in [6.07, 6.45) is 4.03. The molecule has 9 rings (SSSR count). The average molecular weight is 619 g/mol. The molecular formula is C44H34N4. The van der Waals surface area contributed by atoms with Gasteiger partial charge in [0, 0.05) is 52.6 Å². The highest BCUT2D eigenvalue weighted by molar-refractivity contribution is 6.30. The normalized spacial score (nSPS) is 12.0. The third-order valence-electron chi connectivity index (χ3n) is 8.94. The summed E-state index contributed by atoms with van der Waals surface area (Å²) in [6, 6.07) is 55.2. The smallest absolute Gasteiger partial charge is 0.154 e. The summed E-state index contributed by atoms with van der Waals surface area (Å²) < 4.78 is 4.74. The minimum absolute atomic E-state index is 0.745. The van der Waals surface area contributed by atoms with Crippen LogP contribution in [-0.4, -0.2) is 28.2 Å². The van der Waals surface area contributed by atoms with Gasteiger partial charge in [-0.25, -0.2) is 4.99 Å². The maximum atomic E-state index is 4.41. The maximum absolute atomic E-state index is 4.41. The number of hydrogen-bond donors (Lipinski definition) is 0. The fourth-order valence-electron chi connectivity index (χ4n) is 6.66. The van der Waals surface area contributed by atoms with Gasteiger partial charge in [0.1, 0.15) is 0 Å². The highest BCUT2D eigenvalue weighted by Crippen LogP contribution is 2.43. The number of nitrogens with zero attached hydrogens (tertiary/aromatic N) is 4. The van der Waals surface area contributed by atoms with Gasteiger partial charge in [-0.1, -0.05) is 121 Å². The van der Waals surface area contributed by atoms with Crippen molar-refractivity contribution in [3.05, 3.63) is 181 Å². The molecule has 0 unspecified atom stereocenters. The van der Waals surface area contributed by atoms with E-state index in [1.807, 2.05) is 66.9 Å². The highest BCUT2D eigenvalue weighted by atomic mass is 15.0. The van der Waals surface area contributed by atoms with Crippen molar-refractivity contribution in [3.8, 4) is 11.4 Å². The Hall–Kier alpha value is -6.26. The van der Waals surface area contributed by atoms with Gasteiger partial charge in [-0.05, 0) is 65.7 Å². The van der Waals surface area contributed by atoms with Gasteiger partial charge >= 0.3 is 0 Å². The number of aromatic nitrogens is 2. The van der Waals surface area contributed by atoms with Crippen molar-refractivity contribution < 1.29 is 0 Å². The van der Waals surface area contributed by atoms with Crippen LogP contribution in [-0.2, 0) is 0 Å². The third-order valence-corrected chi connectivity index (χ3v) is 8.94. The fourth-order valence-corrected chi connectivity index (χ4v) is 6.66. The van der Waals surface area contributed by atoms with E-state index in [0.717, 1.165) is 17.0 Å². The van der Waals surface area contributed by atoms with Crippen molar-refractivity contribution in [2.24, 2.45) is 9.98 Å². The summed E-state index contributed by atoms with van der Waals surface area (Å²) >= 11 is 0. The molecule has 2 aromatic heterocycles. The fraction of sp³-hybridized carbons (Fsp3) is 0.0455. The molecule has 0 aliphatic carbocycles. The molecule has 0 amide bonds. The Morgan fingerprint density at radius 2 is 1.27 bits per heavy atom. The second kappa shape index (κ2) is 12.5. The zero-order valence-corrected chi connectivity index (χ0v) is 27.0. The van der Waals surface area contributed by atoms with E-state index in [1.54, 1.807) is 7.05 Å². The lowest BCUT2D eigenvalue weighted by atomic mass is 10.0. The summed E-state index contributed by atoms with van der Waals surface area (Å²) in [5.41, 5.74) is 9.56. The first-order valence-corrected chi connectivity index (χ1v) is 16.2. The quantitative estimate of drug-likeness (QED) is 0.107. The van der Waals surface area contributed by atoms with E-state index in [-0.39, 0.29) is 0 Å². The highest BCUT2D eigenvalue weighted by Gasteiger charge is 2.20. The molecule has 4 heteroatoms. The predicted octanol–water partition coefficient (Wildman–Crippen LogP) is 10.8. The molecule has 0 saturated heterocycles. The average Bonchev–Trinajstić information content (AvgIpc) is 3.73. The van der Waals surface area contributed by atoms with E-state index in [1.165, 1.54) is 60.4 Å². The van der Waals surface area contributed by atoms with Crippen molar-refractivity contribution in [3.63, 3.8) is 0 Å². The van der Waals surface area contributed by atoms with Crippen molar-refractivity contribution in [1.82, 2.24) is 9.13 Å². The Bertz CT molecular complexity index is 2540. The summed E-state index contributed by atoms with van der Waals surface area (Å²) in [4.78, 5) is 8.60. The van der Waals surface area contributed by atoms with E-state index >= 15 is 0 Å². The molecule has 0 aliphatic heterocycles. The number of amidine groups is 1. The minimum Gasteiger partial charge on any atom is -0.316 e. The number of rotatable bonds is 4. The topological polar surface area (TPSA) is 34.6 Å². The molecule has 0 saturated carbocycles. The van der Waals surface area contributed by atoms with E-state index in [9.17, 15) is 0 Å². The van der Waals surface area contributed by atoms with Crippen molar-refractivity contribution in [2.75, 3.05) is 7.05 Å². The first-order valence-electron chi connectivity index (χ1n) is 16.2. The van der Waals surface area contributed by atoms with Gasteiger partial charge in [0.2, 0.25) is 0 Å². The Kier molecular flexibility index (Phi) is 7.60. The Morgan fingerprint density at radius 1 is 0.583 bits per heavy atom. The lowest BCUT2D eigenvalue weighted by molar-refractivity contribution is 1.13. The molecule has 0 spiro atoms. The van der Waals surface area contributed by atoms with Gasteiger partial charge in [0.25, 0.3) is 0 Å². The second-order valence-electron chi connectivity index (χ2n) is 12.0. The van der Waals surface area contributed by atoms with Gasteiger partial charge < -0.3 is 9.13 Å². The van der Waals surface area contributed by atoms with Crippen LogP contribution in [0.3, 0.4) is 0 Å². The van der Waals surface area contributed by atoms with Gasteiger partial charge in [-0.2, -0.15) is 0 Å². The number of aliphatic imine (C=N–C) groups is 2. The van der Waals surface area contributed by atoms with Crippen molar-refractivity contribution >= 4 is 55.5 Å². The maximum Gasteiger partial charge on any atom is 0.154 e. The first kappa shape index (κ1) is 29.2. The minimum atomic E-state index is 0.745. The molecule has 2 heterocycles. The van der Waals surface area contributed by atoms with Crippen molar-refractivity contribution in [1.29, 1.82) is 0 Å². The standard InChI is InChI=1S/C29H20N2.C15H14N2/c1-19-10-14-23(15-11-19)31-25-9-5-6-20-12-13-21-18-26-24(29(31)28(21)27(20)25)16-17-30(26)22-7-3-2-4-8-22;1-16-15(14-10-6-3-7-11-14)17-12-13-8-4-2-5-9-13/h2-18H,1H3;2-12H,1H3. The largest absolute Gasteiger partial charge is 0.316 e. The van der Waals surface area contributed by atoms with Crippen LogP contribution in [0, 0.1) is 6.92 Å². The Morgan fingerprint density at radius 3 is 2.00 bits per heavy atom. The molecule has 7 aromatic carbocycles. The predicted molar refractivity (Wildman–Crippen MR) is 204 cm³/mol. The molecule has 0 N–H and O–H groups in total. The first-order chi connectivity index (χ1) is 23.7. The van der Waals surface area contributed by atoms with E-state index in [0.29, 0.717) is 0 Å². The van der Waals surface area contributed by atoms with E-state index in [2.05, 4.69) is 129 Å². The molecule has 0 atom stereocenters. The summed E-state index contributed by atoms with van der Waals surface area (Å²) in [5, 5.41) is 6.56. The SMILES string of the molecule is CN=C(N=Cc1ccccc1)c1ccccc1.Cc1ccc(-n2c3cccc4ccc5cc6c(ccn6-c6ccccc6)c2c5c43)cc1. The summed E-state index contributed by atoms with van der Waals surface area (Å²) in [6.45, 7) is 2.14. The lowest BCUT2D eigenvalue weighted by Crippen LogP contribution is -1.97. The summed E-state index contributed by atoms with van der Waals surface area (Å²) in [5.74, 6) is 0.745. The molecule has 4 nitrogen and oxygen atoms in total. The summed E-state index contributed by atoms with van der Waals surface area (Å²) in [7, 11) is 1.75. The van der Waals surface area contributed by atoms with E-state index < -0.39 is 0 Å². The van der Waals surface area contributed by atoms with Gasteiger partial charge in [0.05, 0.1) is 16.6 Å². The van der Waals surface area contributed by atoms with Crippen LogP contribution in [0.5, 0.6) is 0 Å². The zero-order valence-electron chi connectivity index (χ0n) is 27.0. The van der Waals surface area contributed by atoms with Crippen molar-refractivity contribution in [2.45, 2.75) is 6.92 Å².